The van der Waals surface area contributed by atoms with Gasteiger partial charge < -0.3 is 10.1 Å². The Bertz CT molecular complexity index is 894. The van der Waals surface area contributed by atoms with Crippen molar-refractivity contribution in [3.05, 3.63) is 101 Å². The van der Waals surface area contributed by atoms with E-state index in [0.717, 1.165) is 18.4 Å². The number of ether oxygens (including phenoxy) is 1. The Morgan fingerprint density at radius 3 is 2.36 bits per heavy atom. The molecule has 0 saturated carbocycles. The van der Waals surface area contributed by atoms with Gasteiger partial charge in [0, 0.05) is 6.04 Å². The van der Waals surface area contributed by atoms with Crippen molar-refractivity contribution in [1.29, 1.82) is 0 Å². The lowest BCUT2D eigenvalue weighted by molar-refractivity contribution is 0.0934. The monoisotopic (exact) mass is 377 g/mol. The molecule has 3 aromatic carbocycles. The molecule has 3 rings (SSSR count). The smallest absolute Gasteiger partial charge is 0.255 e. The van der Waals surface area contributed by atoms with Gasteiger partial charge in [0.2, 0.25) is 0 Å². The first-order valence-corrected chi connectivity index (χ1v) is 9.43. The van der Waals surface area contributed by atoms with Gasteiger partial charge in [-0.2, -0.15) is 0 Å². The van der Waals surface area contributed by atoms with Crippen LogP contribution in [0.1, 0.15) is 34.8 Å². The molecule has 1 N–H and O–H groups in total. The number of benzene rings is 3. The van der Waals surface area contributed by atoms with Gasteiger partial charge in [-0.05, 0) is 55.2 Å². The number of amides is 1. The molecule has 0 aliphatic carbocycles. The van der Waals surface area contributed by atoms with E-state index in [1.54, 1.807) is 24.3 Å². The minimum atomic E-state index is -0.284. The molecule has 0 saturated heterocycles. The Hall–Kier alpha value is -3.14. The van der Waals surface area contributed by atoms with Gasteiger partial charge in [-0.1, -0.05) is 54.6 Å². The summed E-state index contributed by atoms with van der Waals surface area (Å²) >= 11 is 0. The molecule has 1 unspecified atom stereocenters. The molecule has 0 spiro atoms. The predicted molar refractivity (Wildman–Crippen MR) is 109 cm³/mol. The van der Waals surface area contributed by atoms with Crippen molar-refractivity contribution in [2.45, 2.75) is 32.4 Å². The van der Waals surface area contributed by atoms with E-state index in [0.29, 0.717) is 11.3 Å². The van der Waals surface area contributed by atoms with E-state index in [9.17, 15) is 9.18 Å². The van der Waals surface area contributed by atoms with Crippen molar-refractivity contribution < 1.29 is 13.9 Å². The zero-order valence-electron chi connectivity index (χ0n) is 15.9. The molecule has 0 radical (unpaired) electrons. The number of carbonyl (C=O) groups excluding carboxylic acids is 1. The number of nitrogens with one attached hydrogen (secondary N) is 1. The lowest BCUT2D eigenvalue weighted by Crippen LogP contribution is -2.33. The Morgan fingerprint density at radius 1 is 0.929 bits per heavy atom. The average Bonchev–Trinajstić information content (AvgIpc) is 2.73. The normalized spacial score (nSPS) is 11.6. The highest BCUT2D eigenvalue weighted by Crippen LogP contribution is 2.20. The predicted octanol–water partition coefficient (Wildman–Crippen LogP) is 5.16. The molecule has 3 aromatic rings. The van der Waals surface area contributed by atoms with Gasteiger partial charge in [0.15, 0.2) is 0 Å². The third kappa shape index (κ3) is 5.68. The summed E-state index contributed by atoms with van der Waals surface area (Å²) < 4.78 is 18.8. The maximum Gasteiger partial charge on any atom is 0.255 e. The van der Waals surface area contributed by atoms with Crippen LogP contribution in [0, 0.1) is 5.82 Å². The Labute approximate surface area is 165 Å². The van der Waals surface area contributed by atoms with Crippen molar-refractivity contribution >= 4 is 5.91 Å². The van der Waals surface area contributed by atoms with E-state index in [2.05, 4.69) is 17.4 Å². The number of halogens is 1. The summed E-state index contributed by atoms with van der Waals surface area (Å²) in [5.74, 6) is 0.0721. The fourth-order valence-electron chi connectivity index (χ4n) is 2.92. The zero-order chi connectivity index (χ0) is 19.8. The van der Waals surface area contributed by atoms with Crippen LogP contribution < -0.4 is 10.1 Å². The summed E-state index contributed by atoms with van der Waals surface area (Å²) in [5, 5.41) is 3.04. The number of para-hydroxylation sites is 1. The summed E-state index contributed by atoms with van der Waals surface area (Å²) in [5.41, 5.74) is 2.59. The molecule has 28 heavy (non-hydrogen) atoms. The fraction of sp³-hybridized carbons (Fsp3) is 0.208. The molecular formula is C24H24FNO2. The zero-order valence-corrected chi connectivity index (χ0v) is 15.9. The van der Waals surface area contributed by atoms with Gasteiger partial charge in [0.1, 0.15) is 18.2 Å². The number of aryl methyl sites for hydroxylation is 1. The lowest BCUT2D eigenvalue weighted by Gasteiger charge is -2.16. The van der Waals surface area contributed by atoms with Crippen LogP contribution in [0.5, 0.6) is 5.75 Å². The summed E-state index contributed by atoms with van der Waals surface area (Å²) in [6.07, 6.45) is 1.76. The third-order valence-corrected chi connectivity index (χ3v) is 4.53. The van der Waals surface area contributed by atoms with Crippen LogP contribution in [-0.4, -0.2) is 11.9 Å². The second-order valence-corrected chi connectivity index (χ2v) is 6.81. The standard InChI is InChI=1S/C24H24FNO2/c1-18(11-12-19-7-3-2-4-8-19)26-24(27)22-9-5-6-10-23(22)28-17-20-13-15-21(25)16-14-20/h2-10,13-16,18H,11-12,17H2,1H3,(H,26,27). The highest BCUT2D eigenvalue weighted by atomic mass is 19.1. The number of hydrogen-bond acceptors (Lipinski definition) is 2. The van der Waals surface area contributed by atoms with E-state index < -0.39 is 0 Å². The quantitative estimate of drug-likeness (QED) is 0.589. The molecule has 0 aliphatic heterocycles. The molecule has 0 fully saturated rings. The van der Waals surface area contributed by atoms with E-state index >= 15 is 0 Å². The maximum absolute atomic E-state index is 13.0. The second-order valence-electron chi connectivity index (χ2n) is 6.81. The van der Waals surface area contributed by atoms with Crippen molar-refractivity contribution in [2.24, 2.45) is 0 Å². The van der Waals surface area contributed by atoms with Crippen molar-refractivity contribution in [3.63, 3.8) is 0 Å². The van der Waals surface area contributed by atoms with Crippen molar-refractivity contribution in [3.8, 4) is 5.75 Å². The topological polar surface area (TPSA) is 38.3 Å². The summed E-state index contributed by atoms with van der Waals surface area (Å²) in [6, 6.07) is 23.6. The van der Waals surface area contributed by atoms with Crippen LogP contribution in [0.4, 0.5) is 4.39 Å². The molecule has 3 nitrogen and oxygen atoms in total. The first kappa shape index (κ1) is 19.6. The van der Waals surface area contributed by atoms with E-state index in [1.165, 1.54) is 17.7 Å². The molecular weight excluding hydrogens is 353 g/mol. The lowest BCUT2D eigenvalue weighted by atomic mass is 10.1. The van der Waals surface area contributed by atoms with Gasteiger partial charge in [-0.3, -0.25) is 4.79 Å². The summed E-state index contributed by atoms with van der Waals surface area (Å²) in [4.78, 5) is 12.7. The molecule has 1 atom stereocenters. The third-order valence-electron chi connectivity index (χ3n) is 4.53. The number of rotatable bonds is 8. The summed E-state index contributed by atoms with van der Waals surface area (Å²) in [7, 11) is 0. The Morgan fingerprint density at radius 2 is 1.61 bits per heavy atom. The Balaban J connectivity index is 1.57. The van der Waals surface area contributed by atoms with Crippen LogP contribution in [-0.2, 0) is 13.0 Å². The van der Waals surface area contributed by atoms with Gasteiger partial charge in [0.25, 0.3) is 5.91 Å². The highest BCUT2D eigenvalue weighted by Gasteiger charge is 2.14. The summed E-state index contributed by atoms with van der Waals surface area (Å²) in [6.45, 7) is 2.27. The highest BCUT2D eigenvalue weighted by molar-refractivity contribution is 5.97. The fourth-order valence-corrected chi connectivity index (χ4v) is 2.92. The van der Waals surface area contributed by atoms with Gasteiger partial charge >= 0.3 is 0 Å². The maximum atomic E-state index is 13.0. The van der Waals surface area contributed by atoms with Gasteiger partial charge in [-0.25, -0.2) is 4.39 Å². The van der Waals surface area contributed by atoms with Crippen molar-refractivity contribution in [2.75, 3.05) is 0 Å². The van der Waals surface area contributed by atoms with E-state index in [4.69, 9.17) is 4.74 Å². The molecule has 0 heterocycles. The largest absolute Gasteiger partial charge is 0.488 e. The molecule has 0 aliphatic rings. The molecule has 1 amide bonds. The van der Waals surface area contributed by atoms with Crippen molar-refractivity contribution in [1.82, 2.24) is 5.32 Å². The molecule has 0 aromatic heterocycles. The van der Waals surface area contributed by atoms with Crippen LogP contribution in [0.25, 0.3) is 0 Å². The average molecular weight is 377 g/mol. The first-order chi connectivity index (χ1) is 13.6. The Kier molecular flexibility index (Phi) is 6.79. The van der Waals surface area contributed by atoms with Gasteiger partial charge in [0.05, 0.1) is 5.56 Å². The minimum absolute atomic E-state index is 0.0397. The van der Waals surface area contributed by atoms with Crippen LogP contribution in [0.3, 0.4) is 0 Å². The SMILES string of the molecule is CC(CCc1ccccc1)NC(=O)c1ccccc1OCc1ccc(F)cc1. The van der Waals surface area contributed by atoms with E-state index in [1.807, 2.05) is 37.3 Å². The first-order valence-electron chi connectivity index (χ1n) is 9.43. The molecule has 144 valence electrons. The van der Waals surface area contributed by atoms with Crippen LogP contribution >= 0.6 is 0 Å². The van der Waals surface area contributed by atoms with Crippen LogP contribution in [0.2, 0.25) is 0 Å². The van der Waals surface area contributed by atoms with Crippen LogP contribution in [0.15, 0.2) is 78.9 Å². The van der Waals surface area contributed by atoms with E-state index in [-0.39, 0.29) is 24.4 Å². The molecule has 0 bridgehead atoms. The van der Waals surface area contributed by atoms with Gasteiger partial charge in [-0.15, -0.1) is 0 Å². The molecule has 4 heteroatoms. The number of hydrogen-bond donors (Lipinski definition) is 1. The minimum Gasteiger partial charge on any atom is -0.488 e. The second kappa shape index (κ2) is 9.70. The number of carbonyl (C=O) groups is 1.